The number of likely N-dealkylation sites (tertiary alicyclic amines) is 1. The molecule has 4 aromatic rings. The van der Waals surface area contributed by atoms with Crippen molar-refractivity contribution in [3.8, 4) is 11.5 Å². The van der Waals surface area contributed by atoms with Crippen LogP contribution in [0.25, 0.3) is 33.6 Å². The van der Waals surface area contributed by atoms with Crippen molar-refractivity contribution < 1.29 is 4.39 Å². The number of halogens is 1. The van der Waals surface area contributed by atoms with Crippen molar-refractivity contribution in [1.82, 2.24) is 30.0 Å². The Kier molecular flexibility index (Phi) is 8.40. The molecule has 0 atom stereocenters. The third-order valence-corrected chi connectivity index (χ3v) is 7.73. The fourth-order valence-electron chi connectivity index (χ4n) is 5.76. The first kappa shape index (κ1) is 27.7. The minimum Gasteiger partial charge on any atom is -0.340 e. The average molecular weight is 539 g/mol. The van der Waals surface area contributed by atoms with E-state index in [-0.39, 0.29) is 5.82 Å². The van der Waals surface area contributed by atoms with Crippen molar-refractivity contribution in [2.75, 3.05) is 19.6 Å². The number of aromatic nitrogens is 5. The van der Waals surface area contributed by atoms with Crippen LogP contribution in [0.2, 0.25) is 0 Å². The van der Waals surface area contributed by atoms with E-state index < -0.39 is 0 Å². The second-order valence-corrected chi connectivity index (χ2v) is 11.0. The maximum Gasteiger partial charge on any atom is 0.159 e. The lowest BCUT2D eigenvalue weighted by Crippen LogP contribution is -2.20. The third-order valence-electron chi connectivity index (χ3n) is 7.73. The van der Waals surface area contributed by atoms with Gasteiger partial charge in [0.1, 0.15) is 11.5 Å². The minimum absolute atomic E-state index is 0.236. The van der Waals surface area contributed by atoms with Crippen molar-refractivity contribution in [3.05, 3.63) is 89.3 Å². The maximum absolute atomic E-state index is 14.8. The standard InChI is InChI=1S/C33H39FN6/c1-6-11-27(24-16-23(17-25(34)18-24)12-10-15-40-13-8-9-14-40)31-22(5)36-33(37-31)32-28-19-29(26(7-2)21(3)4)35-20-30(28)38-39-32/h6-7,11,16-21H,1,8-10,12-15H2,2-5H3,(H,36,37)(H,38,39)/b26-7+,27-11-. The number of aromatic amines is 2. The predicted molar refractivity (Wildman–Crippen MR) is 162 cm³/mol. The summed E-state index contributed by atoms with van der Waals surface area (Å²) in [5.41, 5.74) is 7.95. The monoisotopic (exact) mass is 538 g/mol. The number of fused-ring (bicyclic) bond motifs is 1. The average Bonchev–Trinajstić information content (AvgIpc) is 3.67. The first-order chi connectivity index (χ1) is 19.4. The van der Waals surface area contributed by atoms with Crippen LogP contribution in [0.5, 0.6) is 0 Å². The summed E-state index contributed by atoms with van der Waals surface area (Å²) in [5.74, 6) is 0.769. The Morgan fingerprint density at radius 2 is 1.98 bits per heavy atom. The van der Waals surface area contributed by atoms with Gasteiger partial charge in [-0.15, -0.1) is 0 Å². The lowest BCUT2D eigenvalue weighted by molar-refractivity contribution is 0.334. The van der Waals surface area contributed by atoms with Crippen molar-refractivity contribution in [1.29, 1.82) is 0 Å². The molecule has 6 nitrogen and oxygen atoms in total. The van der Waals surface area contributed by atoms with E-state index in [1.165, 1.54) is 31.5 Å². The number of H-pyrrole nitrogens is 2. The Bertz CT molecular complexity index is 1570. The number of hydrogen-bond donors (Lipinski definition) is 2. The van der Waals surface area contributed by atoms with Crippen molar-refractivity contribution in [2.24, 2.45) is 5.92 Å². The van der Waals surface area contributed by atoms with E-state index in [9.17, 15) is 4.39 Å². The Morgan fingerprint density at radius 3 is 2.70 bits per heavy atom. The van der Waals surface area contributed by atoms with E-state index in [4.69, 9.17) is 4.98 Å². The molecule has 0 radical (unpaired) electrons. The van der Waals surface area contributed by atoms with E-state index >= 15 is 0 Å². The molecule has 0 unspecified atom stereocenters. The minimum atomic E-state index is -0.236. The molecular weight excluding hydrogens is 499 g/mol. The van der Waals surface area contributed by atoms with Crippen LogP contribution in [0, 0.1) is 18.7 Å². The summed E-state index contributed by atoms with van der Waals surface area (Å²) >= 11 is 0. The number of allylic oxidation sites excluding steroid dienone is 4. The Hall–Kier alpha value is -3.84. The summed E-state index contributed by atoms with van der Waals surface area (Å²) in [4.78, 5) is 15.6. The van der Waals surface area contributed by atoms with Gasteiger partial charge in [-0.2, -0.15) is 5.10 Å². The highest BCUT2D eigenvalue weighted by molar-refractivity contribution is 5.93. The molecule has 1 aliphatic rings. The number of pyridine rings is 1. The molecule has 40 heavy (non-hydrogen) atoms. The van der Waals surface area contributed by atoms with Gasteiger partial charge in [0.15, 0.2) is 5.82 Å². The Labute approximate surface area is 236 Å². The number of nitrogens with zero attached hydrogens (tertiary/aromatic N) is 4. The zero-order valence-electron chi connectivity index (χ0n) is 24.0. The summed E-state index contributed by atoms with van der Waals surface area (Å²) in [6.45, 7) is 15.7. The number of aryl methyl sites for hydroxylation is 2. The van der Waals surface area contributed by atoms with Crippen LogP contribution in [0.1, 0.15) is 68.2 Å². The number of hydrogen-bond acceptors (Lipinski definition) is 4. The van der Waals surface area contributed by atoms with Gasteiger partial charge >= 0.3 is 0 Å². The van der Waals surface area contributed by atoms with Crippen LogP contribution < -0.4 is 0 Å². The molecule has 7 heteroatoms. The highest BCUT2D eigenvalue weighted by Gasteiger charge is 2.20. The van der Waals surface area contributed by atoms with E-state index in [2.05, 4.69) is 63.7 Å². The zero-order valence-corrected chi connectivity index (χ0v) is 24.0. The molecule has 2 N–H and O–H groups in total. The zero-order chi connectivity index (χ0) is 28.2. The molecular formula is C33H39FN6. The number of imidazole rings is 1. The van der Waals surface area contributed by atoms with Gasteiger partial charge < -0.3 is 9.88 Å². The first-order valence-corrected chi connectivity index (χ1v) is 14.3. The smallest absolute Gasteiger partial charge is 0.159 e. The second kappa shape index (κ2) is 12.1. The Balaban J connectivity index is 1.47. The summed E-state index contributed by atoms with van der Waals surface area (Å²) in [5, 5.41) is 8.63. The van der Waals surface area contributed by atoms with Crippen molar-refractivity contribution in [2.45, 2.75) is 53.4 Å². The number of rotatable bonds is 10. The van der Waals surface area contributed by atoms with Crippen LogP contribution >= 0.6 is 0 Å². The van der Waals surface area contributed by atoms with Crippen LogP contribution in [0.15, 0.2) is 55.3 Å². The van der Waals surface area contributed by atoms with Crippen molar-refractivity contribution >= 4 is 22.0 Å². The summed E-state index contributed by atoms with van der Waals surface area (Å²) in [7, 11) is 0. The van der Waals surface area contributed by atoms with Gasteiger partial charge in [-0.3, -0.25) is 10.1 Å². The highest BCUT2D eigenvalue weighted by atomic mass is 19.1. The lowest BCUT2D eigenvalue weighted by atomic mass is 9.97. The Morgan fingerprint density at radius 1 is 1.18 bits per heavy atom. The van der Waals surface area contributed by atoms with Gasteiger partial charge in [-0.1, -0.05) is 44.7 Å². The number of benzene rings is 1. The van der Waals surface area contributed by atoms with Crippen LogP contribution in [-0.2, 0) is 6.42 Å². The molecule has 1 fully saturated rings. The van der Waals surface area contributed by atoms with Crippen molar-refractivity contribution in [3.63, 3.8) is 0 Å². The normalized spacial score (nSPS) is 15.1. The fourth-order valence-corrected chi connectivity index (χ4v) is 5.76. The fraction of sp³-hybridized carbons (Fsp3) is 0.364. The van der Waals surface area contributed by atoms with Gasteiger partial charge in [-0.25, -0.2) is 9.37 Å². The first-order valence-electron chi connectivity index (χ1n) is 14.3. The SMILES string of the molecule is C=C/C=C(/c1cc(F)cc(CCCN2CCCC2)c1)c1nc(-c2n[nH]c3cnc(/C(=C/C)C(C)C)cc23)[nH]c1C. The summed E-state index contributed by atoms with van der Waals surface area (Å²) < 4.78 is 14.8. The van der Waals surface area contributed by atoms with Gasteiger partial charge in [0.05, 0.1) is 23.1 Å². The lowest BCUT2D eigenvalue weighted by Gasteiger charge is -2.14. The molecule has 5 rings (SSSR count). The van der Waals surface area contributed by atoms with Crippen LogP contribution in [0.4, 0.5) is 4.39 Å². The van der Waals surface area contributed by atoms with Crippen LogP contribution in [-0.4, -0.2) is 49.7 Å². The maximum atomic E-state index is 14.8. The predicted octanol–water partition coefficient (Wildman–Crippen LogP) is 7.50. The molecule has 0 bridgehead atoms. The van der Waals surface area contributed by atoms with Gasteiger partial charge in [0, 0.05) is 16.7 Å². The summed E-state index contributed by atoms with van der Waals surface area (Å²) in [6.07, 6.45) is 12.0. The van der Waals surface area contributed by atoms with Crippen LogP contribution in [0.3, 0.4) is 0 Å². The molecule has 0 spiro atoms. The molecule has 1 saturated heterocycles. The van der Waals surface area contributed by atoms with E-state index in [0.717, 1.165) is 69.8 Å². The summed E-state index contributed by atoms with van der Waals surface area (Å²) in [6, 6.07) is 7.39. The number of nitrogens with one attached hydrogen (secondary N) is 2. The molecule has 4 heterocycles. The second-order valence-electron chi connectivity index (χ2n) is 11.0. The largest absolute Gasteiger partial charge is 0.340 e. The molecule has 1 aromatic carbocycles. The van der Waals surface area contributed by atoms with E-state index in [0.29, 0.717) is 11.7 Å². The highest BCUT2D eigenvalue weighted by Crippen LogP contribution is 2.32. The van der Waals surface area contributed by atoms with E-state index in [1.807, 2.05) is 26.1 Å². The third kappa shape index (κ3) is 5.85. The molecule has 0 saturated carbocycles. The molecule has 0 amide bonds. The molecule has 0 aliphatic carbocycles. The van der Waals surface area contributed by atoms with Gasteiger partial charge in [0.25, 0.3) is 0 Å². The quantitative estimate of drug-likeness (QED) is 0.205. The topological polar surface area (TPSA) is 73.5 Å². The molecule has 3 aromatic heterocycles. The van der Waals surface area contributed by atoms with Gasteiger partial charge in [-0.05, 0) is 100.0 Å². The molecule has 208 valence electrons. The molecule has 1 aliphatic heterocycles. The van der Waals surface area contributed by atoms with Gasteiger partial charge in [0.2, 0.25) is 0 Å². The van der Waals surface area contributed by atoms with E-state index in [1.54, 1.807) is 18.2 Å².